The monoisotopic (exact) mass is 336 g/mol. The molecule has 0 radical (unpaired) electrons. The van der Waals surface area contributed by atoms with Crippen molar-refractivity contribution in [3.05, 3.63) is 54.1 Å². The molecule has 0 aliphatic rings. The van der Waals surface area contributed by atoms with Gasteiger partial charge in [-0.2, -0.15) is 13.2 Å². The molecule has 2 rings (SSSR count). The van der Waals surface area contributed by atoms with Gasteiger partial charge in [0.1, 0.15) is 16.4 Å². The maximum absolute atomic E-state index is 12.4. The van der Waals surface area contributed by atoms with Crippen LogP contribution < -0.4 is 4.74 Å². The zero-order valence-electron chi connectivity index (χ0n) is 10.3. The van der Waals surface area contributed by atoms with E-state index in [0.717, 1.165) is 24.3 Å². The Balaban J connectivity index is 2.32. The number of para-hydroxylation sites is 1. The van der Waals surface area contributed by atoms with Crippen molar-refractivity contribution >= 4 is 19.7 Å². The predicted molar refractivity (Wildman–Crippen MR) is 71.0 cm³/mol. The largest absolute Gasteiger partial charge is 0.456 e. The van der Waals surface area contributed by atoms with E-state index < -0.39 is 20.8 Å². The molecule has 0 N–H and O–H groups in total. The van der Waals surface area contributed by atoms with E-state index in [0.29, 0.717) is 0 Å². The van der Waals surface area contributed by atoms with Crippen LogP contribution in [0.3, 0.4) is 0 Å². The van der Waals surface area contributed by atoms with Gasteiger partial charge >= 0.3 is 6.18 Å². The molecule has 0 amide bonds. The summed E-state index contributed by atoms with van der Waals surface area (Å²) >= 11 is 0. The Bertz CT molecular complexity index is 740. The zero-order chi connectivity index (χ0) is 15.7. The molecule has 0 unspecified atom stereocenters. The van der Waals surface area contributed by atoms with Crippen LogP contribution in [-0.4, -0.2) is 8.42 Å². The number of alkyl halides is 3. The fraction of sp³-hybridized carbons (Fsp3) is 0.0769. The Morgan fingerprint density at radius 1 is 0.952 bits per heavy atom. The number of halogens is 4. The Hall–Kier alpha value is -1.73. The van der Waals surface area contributed by atoms with Gasteiger partial charge in [-0.25, -0.2) is 8.42 Å². The maximum atomic E-state index is 12.4. The number of hydrogen-bond donors (Lipinski definition) is 0. The van der Waals surface area contributed by atoms with Crippen LogP contribution in [0.25, 0.3) is 0 Å². The lowest BCUT2D eigenvalue weighted by Gasteiger charge is -2.10. The third-order valence-electron chi connectivity index (χ3n) is 2.52. The van der Waals surface area contributed by atoms with Crippen LogP contribution in [0.5, 0.6) is 11.5 Å². The average molecular weight is 337 g/mol. The molecule has 0 saturated heterocycles. The van der Waals surface area contributed by atoms with Crippen molar-refractivity contribution in [2.75, 3.05) is 0 Å². The number of hydrogen-bond acceptors (Lipinski definition) is 3. The van der Waals surface area contributed by atoms with Gasteiger partial charge in [0, 0.05) is 10.7 Å². The molecule has 0 spiro atoms. The molecule has 0 atom stereocenters. The first-order chi connectivity index (χ1) is 9.68. The topological polar surface area (TPSA) is 43.4 Å². The zero-order valence-corrected chi connectivity index (χ0v) is 11.8. The van der Waals surface area contributed by atoms with Crippen LogP contribution in [0.1, 0.15) is 5.56 Å². The van der Waals surface area contributed by atoms with E-state index in [1.807, 2.05) is 0 Å². The summed E-state index contributed by atoms with van der Waals surface area (Å²) in [5.41, 5.74) is -0.826. The van der Waals surface area contributed by atoms with Gasteiger partial charge in [0.15, 0.2) is 0 Å². The Morgan fingerprint density at radius 2 is 1.52 bits per heavy atom. The molecule has 0 saturated carbocycles. The molecule has 0 aliphatic carbocycles. The highest BCUT2D eigenvalue weighted by Gasteiger charge is 2.30. The van der Waals surface area contributed by atoms with Crippen LogP contribution in [0, 0.1) is 0 Å². The second kappa shape index (κ2) is 5.57. The molecule has 0 aliphatic heterocycles. The summed E-state index contributed by atoms with van der Waals surface area (Å²) in [5.74, 6) is 0.00280. The van der Waals surface area contributed by atoms with Gasteiger partial charge in [-0.3, -0.25) is 0 Å². The normalized spacial score (nSPS) is 12.2. The number of rotatable bonds is 3. The summed E-state index contributed by atoms with van der Waals surface area (Å²) in [5, 5.41) is 0. The van der Waals surface area contributed by atoms with E-state index in [9.17, 15) is 21.6 Å². The van der Waals surface area contributed by atoms with Crippen LogP contribution in [0.2, 0.25) is 0 Å². The lowest BCUT2D eigenvalue weighted by molar-refractivity contribution is -0.137. The second-order valence-corrected chi connectivity index (χ2v) is 6.54. The van der Waals surface area contributed by atoms with Crippen molar-refractivity contribution in [2.24, 2.45) is 0 Å². The van der Waals surface area contributed by atoms with Gasteiger partial charge in [0.2, 0.25) is 0 Å². The van der Waals surface area contributed by atoms with Gasteiger partial charge in [0.25, 0.3) is 9.05 Å². The van der Waals surface area contributed by atoms with Gasteiger partial charge in [0.05, 0.1) is 5.56 Å². The predicted octanol–water partition coefficient (Wildman–Crippen LogP) is 4.43. The van der Waals surface area contributed by atoms with E-state index in [4.69, 9.17) is 15.4 Å². The number of benzene rings is 2. The third-order valence-corrected chi connectivity index (χ3v) is 3.88. The van der Waals surface area contributed by atoms with Crippen molar-refractivity contribution in [1.29, 1.82) is 0 Å². The summed E-state index contributed by atoms with van der Waals surface area (Å²) < 4.78 is 65.3. The Morgan fingerprint density at radius 3 is 2.05 bits per heavy atom. The lowest BCUT2D eigenvalue weighted by Crippen LogP contribution is -2.04. The van der Waals surface area contributed by atoms with E-state index in [2.05, 4.69) is 0 Å². The molecular weight excluding hydrogens is 329 g/mol. The molecule has 0 aromatic heterocycles. The van der Waals surface area contributed by atoms with E-state index >= 15 is 0 Å². The molecule has 2 aromatic carbocycles. The SMILES string of the molecule is O=S(=O)(Cl)c1ccccc1Oc1ccc(C(F)(F)F)cc1. The van der Waals surface area contributed by atoms with Gasteiger partial charge < -0.3 is 4.74 Å². The van der Waals surface area contributed by atoms with Crippen molar-refractivity contribution in [3.8, 4) is 11.5 Å². The molecule has 0 bridgehead atoms. The van der Waals surface area contributed by atoms with Crippen LogP contribution in [0.15, 0.2) is 53.4 Å². The summed E-state index contributed by atoms with van der Waals surface area (Å²) in [4.78, 5) is -0.258. The van der Waals surface area contributed by atoms with E-state index in [-0.39, 0.29) is 16.4 Å². The first kappa shape index (κ1) is 15.7. The molecule has 8 heteroatoms. The summed E-state index contributed by atoms with van der Waals surface area (Å²) in [7, 11) is 1.24. The van der Waals surface area contributed by atoms with Crippen molar-refractivity contribution in [2.45, 2.75) is 11.1 Å². The Kier molecular flexibility index (Phi) is 4.15. The van der Waals surface area contributed by atoms with Crippen LogP contribution in [0.4, 0.5) is 13.2 Å². The highest BCUT2D eigenvalue weighted by Crippen LogP contribution is 2.33. The minimum atomic E-state index is -4.45. The molecule has 0 heterocycles. The molecule has 0 fully saturated rings. The van der Waals surface area contributed by atoms with Gasteiger partial charge in [-0.15, -0.1) is 0 Å². The highest BCUT2D eigenvalue weighted by molar-refractivity contribution is 8.13. The van der Waals surface area contributed by atoms with Crippen LogP contribution >= 0.6 is 10.7 Å². The first-order valence-corrected chi connectivity index (χ1v) is 7.88. The molecule has 2 aromatic rings. The second-order valence-electron chi connectivity index (χ2n) is 4.01. The quantitative estimate of drug-likeness (QED) is 0.779. The minimum absolute atomic E-state index is 0.0627. The van der Waals surface area contributed by atoms with Crippen molar-refractivity contribution in [1.82, 2.24) is 0 Å². The number of ether oxygens (including phenoxy) is 1. The molecule has 3 nitrogen and oxygen atoms in total. The minimum Gasteiger partial charge on any atom is -0.456 e. The smallest absolute Gasteiger partial charge is 0.416 e. The first-order valence-electron chi connectivity index (χ1n) is 5.57. The van der Waals surface area contributed by atoms with E-state index in [1.54, 1.807) is 0 Å². The molecule has 112 valence electrons. The average Bonchev–Trinajstić information content (AvgIpc) is 2.37. The standard InChI is InChI=1S/C13H8ClF3O3S/c14-21(18,19)12-4-2-1-3-11(12)20-10-7-5-9(6-8-10)13(15,16)17/h1-8H. The third kappa shape index (κ3) is 3.89. The summed E-state index contributed by atoms with van der Waals surface area (Å²) in [6.07, 6.45) is -4.45. The van der Waals surface area contributed by atoms with Gasteiger partial charge in [-0.1, -0.05) is 12.1 Å². The lowest BCUT2D eigenvalue weighted by atomic mass is 10.2. The van der Waals surface area contributed by atoms with E-state index in [1.165, 1.54) is 24.3 Å². The van der Waals surface area contributed by atoms with Crippen molar-refractivity contribution < 1.29 is 26.3 Å². The summed E-state index contributed by atoms with van der Waals surface area (Å²) in [6.45, 7) is 0. The highest BCUT2D eigenvalue weighted by atomic mass is 35.7. The van der Waals surface area contributed by atoms with Gasteiger partial charge in [-0.05, 0) is 36.4 Å². The molecule has 21 heavy (non-hydrogen) atoms. The summed E-state index contributed by atoms with van der Waals surface area (Å²) in [6, 6.07) is 9.44. The Labute approximate surface area is 123 Å². The maximum Gasteiger partial charge on any atom is 0.416 e. The molecular formula is C13H8ClF3O3S. The van der Waals surface area contributed by atoms with Crippen LogP contribution in [-0.2, 0) is 15.2 Å². The fourth-order valence-corrected chi connectivity index (χ4v) is 2.55. The fourth-order valence-electron chi connectivity index (χ4n) is 1.57. The van der Waals surface area contributed by atoms with Crippen molar-refractivity contribution in [3.63, 3.8) is 0 Å².